The summed E-state index contributed by atoms with van der Waals surface area (Å²) in [4.78, 5) is 0. The van der Waals surface area contributed by atoms with Gasteiger partial charge < -0.3 is 0 Å². The van der Waals surface area contributed by atoms with Crippen LogP contribution in [0.5, 0.6) is 0 Å². The third-order valence-corrected chi connectivity index (χ3v) is 3.39. The van der Waals surface area contributed by atoms with E-state index in [-0.39, 0.29) is 0 Å². The van der Waals surface area contributed by atoms with E-state index in [1.807, 2.05) is 0 Å². The van der Waals surface area contributed by atoms with Crippen LogP contribution in [0.25, 0.3) is 0 Å². The lowest BCUT2D eigenvalue weighted by Gasteiger charge is -2.31. The summed E-state index contributed by atoms with van der Waals surface area (Å²) in [5.41, 5.74) is 0.555. The summed E-state index contributed by atoms with van der Waals surface area (Å²) < 4.78 is 1.30. The van der Waals surface area contributed by atoms with Crippen LogP contribution in [0.4, 0.5) is 0 Å². The van der Waals surface area contributed by atoms with Crippen LogP contribution >= 0.6 is 22.6 Å². The van der Waals surface area contributed by atoms with Crippen molar-refractivity contribution in [2.45, 2.75) is 47.0 Å². The van der Waals surface area contributed by atoms with Gasteiger partial charge in [0, 0.05) is 0 Å². The smallest absolute Gasteiger partial charge is 0.000199 e. The molecule has 0 aromatic carbocycles. The highest BCUT2D eigenvalue weighted by atomic mass is 127. The number of hydrogen-bond donors (Lipinski definition) is 0. The van der Waals surface area contributed by atoms with Gasteiger partial charge in [-0.25, -0.2) is 0 Å². The molecule has 0 aliphatic rings. The third kappa shape index (κ3) is 4.34. The molecule has 1 heteroatoms. The van der Waals surface area contributed by atoms with Crippen LogP contribution < -0.4 is 0 Å². The Labute approximate surface area is 85.3 Å². The van der Waals surface area contributed by atoms with Gasteiger partial charge in [0.25, 0.3) is 0 Å². The molecule has 0 radical (unpaired) electrons. The molecule has 0 nitrogen and oxygen atoms in total. The summed E-state index contributed by atoms with van der Waals surface area (Å²) >= 11 is 2.47. The van der Waals surface area contributed by atoms with Crippen LogP contribution in [0.3, 0.4) is 0 Å². The first-order valence-corrected chi connectivity index (χ1v) is 6.13. The minimum Gasteiger partial charge on any atom is -0.0864 e. The third-order valence-electron chi connectivity index (χ3n) is 2.77. The average Bonchev–Trinajstić information content (AvgIpc) is 1.88. The highest BCUT2D eigenvalue weighted by Crippen LogP contribution is 2.33. The maximum absolute atomic E-state index is 2.47. The van der Waals surface area contributed by atoms with Gasteiger partial charge in [-0.2, -0.15) is 0 Å². The second-order valence-corrected chi connectivity index (χ2v) is 5.20. The van der Waals surface area contributed by atoms with Crippen molar-refractivity contribution in [2.75, 3.05) is 4.43 Å². The van der Waals surface area contributed by atoms with E-state index in [4.69, 9.17) is 0 Å². The molecule has 0 rings (SSSR count). The SMILES string of the molecule is CCCC(C)(C)C(C)CCI. The lowest BCUT2D eigenvalue weighted by atomic mass is 9.75. The summed E-state index contributed by atoms with van der Waals surface area (Å²) in [6.07, 6.45) is 4.05. The van der Waals surface area contributed by atoms with Gasteiger partial charge in [0.1, 0.15) is 0 Å². The molecule has 0 aliphatic heterocycles. The summed E-state index contributed by atoms with van der Waals surface area (Å²) in [5.74, 6) is 0.874. The number of halogens is 1. The molecule has 0 aromatic rings. The first-order chi connectivity index (χ1) is 5.04. The minimum absolute atomic E-state index is 0.555. The van der Waals surface area contributed by atoms with Crippen molar-refractivity contribution in [3.8, 4) is 0 Å². The normalized spacial score (nSPS) is 15.0. The fraction of sp³-hybridized carbons (Fsp3) is 1.00. The Morgan fingerprint density at radius 2 is 1.91 bits per heavy atom. The van der Waals surface area contributed by atoms with Crippen LogP contribution in [0, 0.1) is 11.3 Å². The average molecular weight is 268 g/mol. The largest absolute Gasteiger partial charge is 0.0864 e. The first-order valence-electron chi connectivity index (χ1n) is 4.60. The van der Waals surface area contributed by atoms with Crippen LogP contribution in [-0.2, 0) is 0 Å². The highest BCUT2D eigenvalue weighted by Gasteiger charge is 2.23. The summed E-state index contributed by atoms with van der Waals surface area (Å²) in [5, 5.41) is 0. The van der Waals surface area contributed by atoms with Crippen molar-refractivity contribution in [1.29, 1.82) is 0 Å². The van der Waals surface area contributed by atoms with Crippen molar-refractivity contribution < 1.29 is 0 Å². The Hall–Kier alpha value is 0.730. The second kappa shape index (κ2) is 5.39. The topological polar surface area (TPSA) is 0 Å². The molecular formula is C10H21I. The molecule has 0 fully saturated rings. The fourth-order valence-corrected chi connectivity index (χ4v) is 2.38. The molecule has 11 heavy (non-hydrogen) atoms. The molecule has 1 atom stereocenters. The molecule has 0 bridgehead atoms. The predicted molar refractivity (Wildman–Crippen MR) is 61.4 cm³/mol. The Morgan fingerprint density at radius 1 is 1.36 bits per heavy atom. The van der Waals surface area contributed by atoms with E-state index in [9.17, 15) is 0 Å². The van der Waals surface area contributed by atoms with Crippen LogP contribution in [0.2, 0.25) is 0 Å². The van der Waals surface area contributed by atoms with Gasteiger partial charge >= 0.3 is 0 Å². The molecule has 0 saturated carbocycles. The molecule has 1 unspecified atom stereocenters. The Morgan fingerprint density at radius 3 is 2.27 bits per heavy atom. The predicted octanol–water partition coefficient (Wildman–Crippen LogP) is 4.27. The van der Waals surface area contributed by atoms with Gasteiger partial charge in [-0.15, -0.1) is 0 Å². The maximum atomic E-state index is 2.47. The van der Waals surface area contributed by atoms with Crippen molar-refractivity contribution in [1.82, 2.24) is 0 Å². The van der Waals surface area contributed by atoms with E-state index in [1.165, 1.54) is 23.7 Å². The van der Waals surface area contributed by atoms with Crippen molar-refractivity contribution >= 4 is 22.6 Å². The molecule has 0 N–H and O–H groups in total. The highest BCUT2D eigenvalue weighted by molar-refractivity contribution is 14.1. The van der Waals surface area contributed by atoms with E-state index in [0.717, 1.165) is 5.92 Å². The van der Waals surface area contributed by atoms with Crippen molar-refractivity contribution in [3.05, 3.63) is 0 Å². The molecule has 0 amide bonds. The Bertz CT molecular complexity index is 97.0. The Balaban J connectivity index is 3.83. The van der Waals surface area contributed by atoms with Gasteiger partial charge in [0.05, 0.1) is 0 Å². The first kappa shape index (κ1) is 11.7. The van der Waals surface area contributed by atoms with Gasteiger partial charge in [-0.1, -0.05) is 56.7 Å². The summed E-state index contributed by atoms with van der Waals surface area (Å²) in [7, 11) is 0. The lowest BCUT2D eigenvalue weighted by Crippen LogP contribution is -2.21. The number of hydrogen-bond acceptors (Lipinski definition) is 0. The Kier molecular flexibility index (Phi) is 5.75. The van der Waals surface area contributed by atoms with E-state index >= 15 is 0 Å². The standard InChI is InChI=1S/C10H21I/c1-5-7-10(3,4)9(2)6-8-11/h9H,5-8H2,1-4H3. The quantitative estimate of drug-likeness (QED) is 0.516. The maximum Gasteiger partial charge on any atom is -0.000199 e. The van der Waals surface area contributed by atoms with E-state index < -0.39 is 0 Å². The molecule has 0 saturated heterocycles. The zero-order valence-electron chi connectivity index (χ0n) is 8.28. The fourth-order valence-electron chi connectivity index (χ4n) is 1.45. The number of alkyl halides is 1. The van der Waals surface area contributed by atoms with Crippen molar-refractivity contribution in [3.63, 3.8) is 0 Å². The van der Waals surface area contributed by atoms with Crippen LogP contribution in [0.1, 0.15) is 47.0 Å². The van der Waals surface area contributed by atoms with E-state index in [1.54, 1.807) is 0 Å². The number of rotatable bonds is 5. The van der Waals surface area contributed by atoms with Crippen LogP contribution in [0.15, 0.2) is 0 Å². The molecule has 0 aliphatic carbocycles. The zero-order valence-corrected chi connectivity index (χ0v) is 10.4. The van der Waals surface area contributed by atoms with Crippen LogP contribution in [-0.4, -0.2) is 4.43 Å². The summed E-state index contributed by atoms with van der Waals surface area (Å²) in [6.45, 7) is 9.45. The lowest BCUT2D eigenvalue weighted by molar-refractivity contribution is 0.206. The zero-order chi connectivity index (χ0) is 8.91. The molecule has 0 heterocycles. The second-order valence-electron chi connectivity index (χ2n) is 4.12. The van der Waals surface area contributed by atoms with Gasteiger partial charge in [0.2, 0.25) is 0 Å². The van der Waals surface area contributed by atoms with Crippen molar-refractivity contribution in [2.24, 2.45) is 11.3 Å². The molecular weight excluding hydrogens is 247 g/mol. The molecule has 0 spiro atoms. The molecule has 68 valence electrons. The minimum atomic E-state index is 0.555. The van der Waals surface area contributed by atoms with Gasteiger partial charge in [-0.05, 0) is 28.6 Å². The van der Waals surface area contributed by atoms with E-state index in [2.05, 4.69) is 50.3 Å². The monoisotopic (exact) mass is 268 g/mol. The van der Waals surface area contributed by atoms with E-state index in [0.29, 0.717) is 5.41 Å². The molecule has 0 aromatic heterocycles. The summed E-state index contributed by atoms with van der Waals surface area (Å²) in [6, 6.07) is 0. The van der Waals surface area contributed by atoms with Gasteiger partial charge in [-0.3, -0.25) is 0 Å². The van der Waals surface area contributed by atoms with Gasteiger partial charge in [0.15, 0.2) is 0 Å².